The molecule has 0 saturated heterocycles. The van der Waals surface area contributed by atoms with Gasteiger partial charge in [-0.15, -0.1) is 0 Å². The molecule has 0 radical (unpaired) electrons. The van der Waals surface area contributed by atoms with Crippen LogP contribution in [-0.2, 0) is 0 Å². The van der Waals surface area contributed by atoms with Crippen LogP contribution < -0.4 is 0 Å². The normalized spacial score (nSPS) is 15.4. The maximum atomic E-state index is 2.38. The van der Waals surface area contributed by atoms with Crippen LogP contribution in [0.3, 0.4) is 0 Å². The lowest BCUT2D eigenvalue weighted by Crippen LogP contribution is -1.82. The SMILES string of the molecule is Cc1ccc2cc(C3=CCCC3)ccc2c1. The van der Waals surface area contributed by atoms with E-state index in [1.54, 1.807) is 0 Å². The first-order valence-corrected chi connectivity index (χ1v) is 6.03. The molecular weight excluding hydrogens is 192 g/mol. The lowest BCUT2D eigenvalue weighted by molar-refractivity contribution is 0.935. The van der Waals surface area contributed by atoms with Crippen molar-refractivity contribution in [1.82, 2.24) is 0 Å². The van der Waals surface area contributed by atoms with E-state index in [1.165, 1.54) is 46.7 Å². The molecule has 0 saturated carbocycles. The average Bonchev–Trinajstić information content (AvgIpc) is 2.82. The highest BCUT2D eigenvalue weighted by molar-refractivity contribution is 5.87. The van der Waals surface area contributed by atoms with Gasteiger partial charge in [0.25, 0.3) is 0 Å². The molecule has 0 nitrogen and oxygen atoms in total. The van der Waals surface area contributed by atoms with Crippen molar-refractivity contribution in [3.05, 3.63) is 53.6 Å². The molecule has 0 N–H and O–H groups in total. The Morgan fingerprint density at radius 1 is 0.938 bits per heavy atom. The third kappa shape index (κ3) is 1.65. The summed E-state index contributed by atoms with van der Waals surface area (Å²) in [4.78, 5) is 0. The maximum absolute atomic E-state index is 2.38. The summed E-state index contributed by atoms with van der Waals surface area (Å²) >= 11 is 0. The number of fused-ring (bicyclic) bond motifs is 1. The molecule has 2 aromatic rings. The Morgan fingerprint density at radius 2 is 1.75 bits per heavy atom. The predicted molar refractivity (Wildman–Crippen MR) is 70.5 cm³/mol. The quantitative estimate of drug-likeness (QED) is 0.636. The van der Waals surface area contributed by atoms with Crippen molar-refractivity contribution in [2.24, 2.45) is 0 Å². The molecule has 1 aliphatic carbocycles. The molecule has 0 spiro atoms. The van der Waals surface area contributed by atoms with Crippen LogP contribution in [0.1, 0.15) is 30.4 Å². The molecule has 0 heteroatoms. The minimum Gasteiger partial charge on any atom is -0.0807 e. The van der Waals surface area contributed by atoms with E-state index < -0.39 is 0 Å². The van der Waals surface area contributed by atoms with Crippen molar-refractivity contribution in [3.63, 3.8) is 0 Å². The van der Waals surface area contributed by atoms with Gasteiger partial charge in [-0.25, -0.2) is 0 Å². The zero-order valence-electron chi connectivity index (χ0n) is 9.66. The molecule has 0 aromatic heterocycles. The van der Waals surface area contributed by atoms with Gasteiger partial charge in [-0.3, -0.25) is 0 Å². The first-order valence-electron chi connectivity index (χ1n) is 6.03. The standard InChI is InChI=1S/C16H16/c1-12-6-7-16-11-15(9-8-14(16)10-12)13-4-2-3-5-13/h4,6-11H,2-3,5H2,1H3. The second kappa shape index (κ2) is 3.79. The molecule has 2 aromatic carbocycles. The summed E-state index contributed by atoms with van der Waals surface area (Å²) in [5, 5.41) is 2.71. The number of hydrogen-bond acceptors (Lipinski definition) is 0. The van der Waals surface area contributed by atoms with E-state index >= 15 is 0 Å². The Labute approximate surface area is 96.6 Å². The van der Waals surface area contributed by atoms with Crippen LogP contribution in [0.25, 0.3) is 16.3 Å². The summed E-state index contributed by atoms with van der Waals surface area (Å²) in [6.07, 6.45) is 6.20. The van der Waals surface area contributed by atoms with E-state index in [0.717, 1.165) is 0 Å². The summed E-state index contributed by atoms with van der Waals surface area (Å²) in [7, 11) is 0. The topological polar surface area (TPSA) is 0 Å². The monoisotopic (exact) mass is 208 g/mol. The lowest BCUT2D eigenvalue weighted by atomic mass is 10.00. The van der Waals surface area contributed by atoms with Crippen LogP contribution in [-0.4, -0.2) is 0 Å². The van der Waals surface area contributed by atoms with Gasteiger partial charge in [0.05, 0.1) is 0 Å². The number of rotatable bonds is 1. The molecule has 0 aliphatic heterocycles. The van der Waals surface area contributed by atoms with Crippen LogP contribution in [0.2, 0.25) is 0 Å². The molecule has 0 fully saturated rings. The predicted octanol–water partition coefficient (Wildman–Crippen LogP) is 4.72. The molecule has 0 bridgehead atoms. The third-order valence-corrected chi connectivity index (χ3v) is 3.41. The Hall–Kier alpha value is -1.56. The van der Waals surface area contributed by atoms with Crippen LogP contribution in [0.4, 0.5) is 0 Å². The van der Waals surface area contributed by atoms with Crippen molar-refractivity contribution >= 4 is 16.3 Å². The second-order valence-electron chi connectivity index (χ2n) is 4.69. The molecule has 80 valence electrons. The van der Waals surface area contributed by atoms with Gasteiger partial charge in [0.2, 0.25) is 0 Å². The minimum atomic E-state index is 1.25. The van der Waals surface area contributed by atoms with Crippen molar-refractivity contribution in [2.75, 3.05) is 0 Å². The summed E-state index contributed by atoms with van der Waals surface area (Å²) < 4.78 is 0. The van der Waals surface area contributed by atoms with Crippen LogP contribution in [0, 0.1) is 6.92 Å². The third-order valence-electron chi connectivity index (χ3n) is 3.41. The highest BCUT2D eigenvalue weighted by atomic mass is 14.1. The van der Waals surface area contributed by atoms with Gasteiger partial charge in [-0.2, -0.15) is 0 Å². The smallest absolute Gasteiger partial charge is 0.0178 e. The van der Waals surface area contributed by atoms with Gasteiger partial charge < -0.3 is 0 Å². The fraction of sp³-hybridized carbons (Fsp3) is 0.250. The zero-order valence-corrected chi connectivity index (χ0v) is 9.66. The maximum Gasteiger partial charge on any atom is -0.0178 e. The Bertz CT molecular complexity index is 561. The molecular formula is C16H16. The highest BCUT2D eigenvalue weighted by Crippen LogP contribution is 2.29. The minimum absolute atomic E-state index is 1.25. The first-order chi connectivity index (χ1) is 7.83. The van der Waals surface area contributed by atoms with Crippen molar-refractivity contribution < 1.29 is 0 Å². The van der Waals surface area contributed by atoms with Gasteiger partial charge in [0.15, 0.2) is 0 Å². The molecule has 0 amide bonds. The van der Waals surface area contributed by atoms with Gasteiger partial charge in [-0.1, -0.05) is 42.0 Å². The molecule has 0 heterocycles. The largest absolute Gasteiger partial charge is 0.0807 e. The van der Waals surface area contributed by atoms with E-state index in [0.29, 0.717) is 0 Å². The lowest BCUT2D eigenvalue weighted by Gasteiger charge is -2.05. The molecule has 0 atom stereocenters. The van der Waals surface area contributed by atoms with E-state index in [2.05, 4.69) is 49.4 Å². The summed E-state index contributed by atoms with van der Waals surface area (Å²) in [5.74, 6) is 0. The van der Waals surface area contributed by atoms with Crippen molar-refractivity contribution in [3.8, 4) is 0 Å². The summed E-state index contributed by atoms with van der Waals surface area (Å²) in [5.41, 5.74) is 4.27. The van der Waals surface area contributed by atoms with Crippen LogP contribution in [0.5, 0.6) is 0 Å². The number of hydrogen-bond donors (Lipinski definition) is 0. The number of benzene rings is 2. The highest BCUT2D eigenvalue weighted by Gasteiger charge is 2.07. The van der Waals surface area contributed by atoms with E-state index in [-0.39, 0.29) is 0 Å². The van der Waals surface area contributed by atoms with Gasteiger partial charge in [0.1, 0.15) is 0 Å². The molecule has 0 unspecified atom stereocenters. The zero-order chi connectivity index (χ0) is 11.0. The summed E-state index contributed by atoms with van der Waals surface area (Å²) in [6.45, 7) is 2.15. The number of aryl methyl sites for hydroxylation is 1. The van der Waals surface area contributed by atoms with Gasteiger partial charge in [0, 0.05) is 0 Å². The van der Waals surface area contributed by atoms with Gasteiger partial charge in [-0.05, 0) is 54.2 Å². The van der Waals surface area contributed by atoms with E-state index in [4.69, 9.17) is 0 Å². The van der Waals surface area contributed by atoms with Crippen molar-refractivity contribution in [2.45, 2.75) is 26.2 Å². The van der Waals surface area contributed by atoms with Crippen molar-refractivity contribution in [1.29, 1.82) is 0 Å². The fourth-order valence-electron chi connectivity index (χ4n) is 2.50. The second-order valence-corrected chi connectivity index (χ2v) is 4.69. The Balaban J connectivity index is 2.12. The van der Waals surface area contributed by atoms with Crippen LogP contribution >= 0.6 is 0 Å². The summed E-state index contributed by atoms with van der Waals surface area (Å²) in [6, 6.07) is 13.5. The Morgan fingerprint density at radius 3 is 2.56 bits per heavy atom. The average molecular weight is 208 g/mol. The van der Waals surface area contributed by atoms with E-state index in [1.807, 2.05) is 0 Å². The Kier molecular flexibility index (Phi) is 2.28. The molecule has 1 aliphatic rings. The molecule has 16 heavy (non-hydrogen) atoms. The van der Waals surface area contributed by atoms with Crippen LogP contribution in [0.15, 0.2) is 42.5 Å². The number of allylic oxidation sites excluding steroid dienone is 2. The first kappa shape index (κ1) is 9.65. The van der Waals surface area contributed by atoms with Gasteiger partial charge >= 0.3 is 0 Å². The van der Waals surface area contributed by atoms with E-state index in [9.17, 15) is 0 Å². The fourth-order valence-corrected chi connectivity index (χ4v) is 2.50. The molecule has 3 rings (SSSR count).